The van der Waals surface area contributed by atoms with Gasteiger partial charge >= 0.3 is 5.97 Å². The van der Waals surface area contributed by atoms with Gasteiger partial charge in [-0.2, -0.15) is 0 Å². The summed E-state index contributed by atoms with van der Waals surface area (Å²) in [6.07, 6.45) is -0.151. The smallest absolute Gasteiger partial charge is 0.344 e. The Kier molecular flexibility index (Phi) is 11.1. The summed E-state index contributed by atoms with van der Waals surface area (Å²) in [6.45, 7) is 3.33. The van der Waals surface area contributed by atoms with Gasteiger partial charge in [0.15, 0.2) is 6.61 Å². The Morgan fingerprint density at radius 2 is 1.60 bits per heavy atom. The Hall–Kier alpha value is -3.69. The molecule has 0 unspecified atom stereocenters. The van der Waals surface area contributed by atoms with E-state index in [1.54, 1.807) is 37.3 Å². The van der Waals surface area contributed by atoms with Crippen molar-refractivity contribution in [3.05, 3.63) is 125 Å². The monoisotopic (exact) mass is 607 g/mol. The van der Waals surface area contributed by atoms with E-state index in [4.69, 9.17) is 21.1 Å². The van der Waals surface area contributed by atoms with Crippen molar-refractivity contribution in [2.45, 2.75) is 35.8 Å². The molecule has 1 atom stereocenters. The number of hydrogen-bond donors (Lipinski definition) is 1. The summed E-state index contributed by atoms with van der Waals surface area (Å²) in [5.41, 5.74) is 2.72. The highest BCUT2D eigenvalue weighted by Crippen LogP contribution is 2.25. The van der Waals surface area contributed by atoms with Gasteiger partial charge in [0.2, 0.25) is 9.84 Å². The Morgan fingerprint density at radius 3 is 2.31 bits per heavy atom. The second-order valence-electron chi connectivity index (χ2n) is 9.76. The number of rotatable bonds is 14. The van der Waals surface area contributed by atoms with Crippen LogP contribution in [0.25, 0.3) is 0 Å². The average Bonchev–Trinajstić information content (AvgIpc) is 3.00. The maximum Gasteiger partial charge on any atom is 0.344 e. The quantitative estimate of drug-likeness (QED) is 0.179. The SMILES string of the molecule is CCOC(=O)COc1ccc(S(=O)(=O)c2cccc(CCN(Cc3ccccc3)C[C@H](O)c3cccc(Cl)c3)c2)cc1. The molecule has 0 amide bonds. The van der Waals surface area contributed by atoms with E-state index in [1.165, 1.54) is 24.3 Å². The molecule has 0 aliphatic heterocycles. The van der Waals surface area contributed by atoms with Gasteiger partial charge < -0.3 is 14.6 Å². The predicted molar refractivity (Wildman–Crippen MR) is 162 cm³/mol. The molecule has 7 nitrogen and oxygen atoms in total. The van der Waals surface area contributed by atoms with Gasteiger partial charge in [-0.05, 0) is 78.6 Å². The minimum atomic E-state index is -3.78. The van der Waals surface area contributed by atoms with E-state index < -0.39 is 21.9 Å². The number of carbonyl (C=O) groups is 1. The Balaban J connectivity index is 1.45. The van der Waals surface area contributed by atoms with Crippen LogP contribution >= 0.6 is 11.6 Å². The van der Waals surface area contributed by atoms with Crippen molar-refractivity contribution in [2.24, 2.45) is 0 Å². The number of carbonyl (C=O) groups excluding carboxylic acids is 1. The highest BCUT2D eigenvalue weighted by Gasteiger charge is 2.19. The molecule has 0 heterocycles. The summed E-state index contributed by atoms with van der Waals surface area (Å²) in [4.78, 5) is 14.0. The molecule has 0 saturated carbocycles. The van der Waals surface area contributed by atoms with Crippen molar-refractivity contribution in [1.29, 1.82) is 0 Å². The lowest BCUT2D eigenvalue weighted by atomic mass is 10.1. The molecule has 42 heavy (non-hydrogen) atoms. The zero-order valence-corrected chi connectivity index (χ0v) is 24.9. The zero-order valence-electron chi connectivity index (χ0n) is 23.4. The molecule has 0 spiro atoms. The normalized spacial score (nSPS) is 12.2. The number of halogens is 1. The molecule has 4 aromatic rings. The van der Waals surface area contributed by atoms with Gasteiger partial charge in [0.25, 0.3) is 0 Å². The standard InChI is InChI=1S/C33H34ClNO6S/c1-2-40-33(37)24-41-29-14-16-30(17-15-29)42(38,39)31-13-6-10-25(20-31)18-19-35(22-26-8-4-3-5-9-26)23-32(36)27-11-7-12-28(34)21-27/h3-17,20-21,32,36H,2,18-19,22-24H2,1H3/t32-/m0/s1. The fourth-order valence-corrected chi connectivity index (χ4v) is 6.02. The first-order valence-corrected chi connectivity index (χ1v) is 15.5. The lowest BCUT2D eigenvalue weighted by molar-refractivity contribution is -0.145. The minimum Gasteiger partial charge on any atom is -0.482 e. The van der Waals surface area contributed by atoms with Crippen molar-refractivity contribution < 1.29 is 27.8 Å². The van der Waals surface area contributed by atoms with Crippen LogP contribution in [-0.4, -0.2) is 50.7 Å². The van der Waals surface area contributed by atoms with Gasteiger partial charge in [-0.25, -0.2) is 13.2 Å². The van der Waals surface area contributed by atoms with Crippen molar-refractivity contribution in [2.75, 3.05) is 26.3 Å². The number of nitrogens with zero attached hydrogens (tertiary/aromatic N) is 1. The summed E-state index contributed by atoms with van der Waals surface area (Å²) in [6, 6.07) is 30.1. The van der Waals surface area contributed by atoms with Crippen molar-refractivity contribution in [1.82, 2.24) is 4.90 Å². The van der Waals surface area contributed by atoms with Crippen LogP contribution in [0.3, 0.4) is 0 Å². The fourth-order valence-electron chi connectivity index (χ4n) is 4.49. The molecule has 0 bridgehead atoms. The fraction of sp³-hybridized carbons (Fsp3) is 0.242. The second kappa shape index (κ2) is 15.0. The highest BCUT2D eigenvalue weighted by atomic mass is 35.5. The molecule has 9 heteroatoms. The van der Waals surface area contributed by atoms with Gasteiger partial charge in [-0.15, -0.1) is 0 Å². The minimum absolute atomic E-state index is 0.124. The van der Waals surface area contributed by atoms with E-state index in [-0.39, 0.29) is 23.0 Å². The van der Waals surface area contributed by atoms with E-state index in [0.29, 0.717) is 36.8 Å². The van der Waals surface area contributed by atoms with Gasteiger partial charge in [0.1, 0.15) is 5.75 Å². The van der Waals surface area contributed by atoms with Crippen LogP contribution < -0.4 is 4.74 Å². The Labute approximate surface area is 252 Å². The number of esters is 1. The molecule has 0 aliphatic rings. The van der Waals surface area contributed by atoms with Gasteiger partial charge in [0.05, 0.1) is 22.5 Å². The van der Waals surface area contributed by atoms with E-state index >= 15 is 0 Å². The maximum atomic E-state index is 13.4. The second-order valence-corrected chi connectivity index (χ2v) is 12.1. The number of benzene rings is 4. The Bertz CT molecular complexity index is 1560. The number of sulfone groups is 1. The van der Waals surface area contributed by atoms with Crippen LogP contribution in [-0.2, 0) is 32.3 Å². The molecule has 0 saturated heterocycles. The molecule has 1 N–H and O–H groups in total. The van der Waals surface area contributed by atoms with Gasteiger partial charge in [-0.1, -0.05) is 66.2 Å². The molecule has 4 aromatic carbocycles. The maximum absolute atomic E-state index is 13.4. The summed E-state index contributed by atoms with van der Waals surface area (Å²) in [5.74, 6) is -0.124. The van der Waals surface area contributed by atoms with Gasteiger partial charge in [0, 0.05) is 24.7 Å². The van der Waals surface area contributed by atoms with E-state index in [9.17, 15) is 18.3 Å². The van der Waals surface area contributed by atoms with E-state index in [1.807, 2.05) is 48.5 Å². The number of hydrogen-bond acceptors (Lipinski definition) is 7. The molecule has 0 aromatic heterocycles. The molecule has 220 valence electrons. The van der Waals surface area contributed by atoms with E-state index in [0.717, 1.165) is 16.7 Å². The molecule has 4 rings (SSSR count). The molecule has 0 radical (unpaired) electrons. The molecule has 0 aliphatic carbocycles. The first kappa shape index (κ1) is 31.3. The summed E-state index contributed by atoms with van der Waals surface area (Å²) < 4.78 is 37.0. The Morgan fingerprint density at radius 1 is 0.881 bits per heavy atom. The first-order valence-electron chi connectivity index (χ1n) is 13.7. The summed E-state index contributed by atoms with van der Waals surface area (Å²) in [5, 5.41) is 11.5. The molecular formula is C33H34ClNO6S. The lowest BCUT2D eigenvalue weighted by Gasteiger charge is -2.26. The summed E-state index contributed by atoms with van der Waals surface area (Å²) in [7, 11) is -3.78. The third kappa shape index (κ3) is 8.90. The van der Waals surface area contributed by atoms with Crippen LogP contribution in [0.5, 0.6) is 5.75 Å². The molecular weight excluding hydrogens is 574 g/mol. The van der Waals surface area contributed by atoms with Crippen LogP contribution in [0.15, 0.2) is 113 Å². The first-order chi connectivity index (χ1) is 20.2. The average molecular weight is 608 g/mol. The zero-order chi connectivity index (χ0) is 30.0. The largest absolute Gasteiger partial charge is 0.482 e. The summed E-state index contributed by atoms with van der Waals surface area (Å²) >= 11 is 6.14. The van der Waals surface area contributed by atoms with Crippen LogP contribution in [0.2, 0.25) is 5.02 Å². The molecule has 0 fully saturated rings. The van der Waals surface area contributed by atoms with Crippen molar-refractivity contribution in [3.8, 4) is 5.75 Å². The highest BCUT2D eigenvalue weighted by molar-refractivity contribution is 7.91. The lowest BCUT2D eigenvalue weighted by Crippen LogP contribution is -2.30. The third-order valence-corrected chi connectivity index (χ3v) is 8.64. The van der Waals surface area contributed by atoms with Crippen LogP contribution in [0, 0.1) is 0 Å². The topological polar surface area (TPSA) is 93.1 Å². The number of ether oxygens (including phenoxy) is 2. The van der Waals surface area contributed by atoms with Crippen molar-refractivity contribution in [3.63, 3.8) is 0 Å². The number of aliphatic hydroxyl groups excluding tert-OH is 1. The van der Waals surface area contributed by atoms with Crippen LogP contribution in [0.1, 0.15) is 29.7 Å². The van der Waals surface area contributed by atoms with Crippen LogP contribution in [0.4, 0.5) is 0 Å². The predicted octanol–water partition coefficient (Wildman–Crippen LogP) is 5.89. The number of aliphatic hydroxyl groups is 1. The van der Waals surface area contributed by atoms with Gasteiger partial charge in [-0.3, -0.25) is 4.90 Å². The van der Waals surface area contributed by atoms with Crippen molar-refractivity contribution >= 4 is 27.4 Å². The van der Waals surface area contributed by atoms with E-state index in [2.05, 4.69) is 4.90 Å². The third-order valence-electron chi connectivity index (χ3n) is 6.64.